The summed E-state index contributed by atoms with van der Waals surface area (Å²) in [6.07, 6.45) is 0. The van der Waals surface area contributed by atoms with Crippen LogP contribution in [0.4, 0.5) is 0 Å². The molecule has 0 aromatic rings. The standard InChI is InChI=1S/Ag.Mn.H3O4P/c;;1-5(2,3)4/h;;(H3,1,2,3,4)/q+1;+2;/p-3. The van der Waals surface area contributed by atoms with Gasteiger partial charge in [0.1, 0.15) is 0 Å². The number of hydrogen-bond acceptors (Lipinski definition) is 4. The molecule has 0 fully saturated rings. The van der Waals surface area contributed by atoms with Crippen LogP contribution in [0.1, 0.15) is 0 Å². The summed E-state index contributed by atoms with van der Waals surface area (Å²) in [6, 6.07) is 0. The smallest absolute Gasteiger partial charge is 0.822 e. The van der Waals surface area contributed by atoms with Crippen LogP contribution in [0.2, 0.25) is 0 Å². The van der Waals surface area contributed by atoms with Crippen molar-refractivity contribution >= 4 is 7.82 Å². The maximum Gasteiger partial charge on any atom is 2.00 e. The molecule has 4 nitrogen and oxygen atoms in total. The zero-order chi connectivity index (χ0) is 4.50. The summed E-state index contributed by atoms with van der Waals surface area (Å²) in [5.74, 6) is 0. The minimum Gasteiger partial charge on any atom is -0.822 e. The van der Waals surface area contributed by atoms with Crippen molar-refractivity contribution in [3.63, 3.8) is 0 Å². The fourth-order valence-corrected chi connectivity index (χ4v) is 0. The molecule has 0 aromatic carbocycles. The van der Waals surface area contributed by atoms with E-state index >= 15 is 0 Å². The number of phosphoric acid groups is 1. The molecule has 1 radical (unpaired) electrons. The van der Waals surface area contributed by atoms with Crippen molar-refractivity contribution in [2.45, 2.75) is 0 Å². The summed E-state index contributed by atoms with van der Waals surface area (Å²) < 4.78 is 8.55. The third-order valence-electron chi connectivity index (χ3n) is 0. The van der Waals surface area contributed by atoms with Gasteiger partial charge in [-0.3, -0.25) is 0 Å². The maximum atomic E-state index is 8.55. The zero-order valence-electron chi connectivity index (χ0n) is 2.76. The first kappa shape index (κ1) is 15.8. The molecule has 7 heteroatoms. The van der Waals surface area contributed by atoms with Gasteiger partial charge < -0.3 is 19.2 Å². The van der Waals surface area contributed by atoms with Crippen LogP contribution in [0, 0.1) is 0 Å². The second kappa shape index (κ2) is 5.51. The fraction of sp³-hybridized carbons (Fsp3) is 0. The van der Waals surface area contributed by atoms with E-state index in [4.69, 9.17) is 19.2 Å². The van der Waals surface area contributed by atoms with Gasteiger partial charge in [0, 0.05) is 0 Å². The number of rotatable bonds is 0. The van der Waals surface area contributed by atoms with Crippen molar-refractivity contribution in [1.82, 2.24) is 0 Å². The monoisotopic (exact) mass is 257 g/mol. The van der Waals surface area contributed by atoms with Gasteiger partial charge in [-0.25, -0.2) is 0 Å². The van der Waals surface area contributed by atoms with E-state index in [-0.39, 0.29) is 39.4 Å². The summed E-state index contributed by atoms with van der Waals surface area (Å²) in [4.78, 5) is 25.6. The van der Waals surface area contributed by atoms with Gasteiger partial charge in [0.2, 0.25) is 0 Å². The SMILES string of the molecule is O=P([O-])([O-])[O-].[Ag+].[Mn+2]. The predicted molar refractivity (Wildman–Crippen MR) is 7.61 cm³/mol. The van der Waals surface area contributed by atoms with Crippen molar-refractivity contribution < 1.29 is 58.7 Å². The van der Waals surface area contributed by atoms with Crippen LogP contribution in [0.5, 0.6) is 0 Å². The first-order valence-corrected chi connectivity index (χ1v) is 2.19. The molecule has 0 aliphatic rings. The van der Waals surface area contributed by atoms with E-state index in [0.717, 1.165) is 0 Å². The van der Waals surface area contributed by atoms with Crippen LogP contribution in [0.15, 0.2) is 0 Å². The summed E-state index contributed by atoms with van der Waals surface area (Å²) in [5.41, 5.74) is 0. The first-order valence-electron chi connectivity index (χ1n) is 0.730. The minimum absolute atomic E-state index is 0. The predicted octanol–water partition coefficient (Wildman–Crippen LogP) is -2.83. The molecule has 0 saturated heterocycles. The van der Waals surface area contributed by atoms with E-state index in [2.05, 4.69) is 0 Å². The molecule has 0 N–H and O–H groups in total. The van der Waals surface area contributed by atoms with Crippen LogP contribution in [-0.4, -0.2) is 0 Å². The van der Waals surface area contributed by atoms with E-state index in [1.807, 2.05) is 0 Å². The molecule has 7 heavy (non-hydrogen) atoms. The Bertz CT molecular complexity index is 57.8. The van der Waals surface area contributed by atoms with Crippen LogP contribution < -0.4 is 14.7 Å². The average Bonchev–Trinajstić information content (AvgIpc) is 0.722. The third-order valence-corrected chi connectivity index (χ3v) is 0. The van der Waals surface area contributed by atoms with Gasteiger partial charge in [0.05, 0.1) is 0 Å². The topological polar surface area (TPSA) is 86.2 Å². The Hall–Kier alpha value is 1.37. The summed E-state index contributed by atoms with van der Waals surface area (Å²) >= 11 is 0. The Balaban J connectivity index is -0.0000000800. The largest absolute Gasteiger partial charge is 2.00 e. The number of hydrogen-bond donors (Lipinski definition) is 0. The van der Waals surface area contributed by atoms with Gasteiger partial charge in [-0.1, -0.05) is 0 Å². The molecule has 47 valence electrons. The average molecular weight is 258 g/mol. The summed E-state index contributed by atoms with van der Waals surface area (Å²) in [7, 11) is -5.39. The van der Waals surface area contributed by atoms with Gasteiger partial charge in [0.25, 0.3) is 0 Å². The van der Waals surface area contributed by atoms with E-state index < -0.39 is 7.82 Å². The van der Waals surface area contributed by atoms with Crippen molar-refractivity contribution in [3.8, 4) is 0 Å². The molecule has 0 bridgehead atoms. The van der Waals surface area contributed by atoms with E-state index in [0.29, 0.717) is 0 Å². The van der Waals surface area contributed by atoms with Crippen LogP contribution in [-0.2, 0) is 44.0 Å². The summed E-state index contributed by atoms with van der Waals surface area (Å²) in [5, 5.41) is 0. The van der Waals surface area contributed by atoms with Gasteiger partial charge in [-0.15, -0.1) is 0 Å². The van der Waals surface area contributed by atoms with Gasteiger partial charge in [-0.2, -0.15) is 7.82 Å². The molecule has 0 amide bonds. The molecule has 0 rings (SSSR count). The Labute approximate surface area is 66.5 Å². The molecule has 0 aliphatic carbocycles. The Morgan fingerprint density at radius 1 is 1.14 bits per heavy atom. The van der Waals surface area contributed by atoms with E-state index in [1.54, 1.807) is 0 Å². The van der Waals surface area contributed by atoms with Crippen molar-refractivity contribution in [3.05, 3.63) is 0 Å². The van der Waals surface area contributed by atoms with E-state index in [9.17, 15) is 0 Å². The molecular weight excluding hydrogens is 258 g/mol. The first-order chi connectivity index (χ1) is 2.00. The summed E-state index contributed by atoms with van der Waals surface area (Å²) in [6.45, 7) is 0. The van der Waals surface area contributed by atoms with Gasteiger partial charge >= 0.3 is 39.4 Å². The molecule has 0 saturated carbocycles. The molecular formula is AgMnO4P. The van der Waals surface area contributed by atoms with Crippen molar-refractivity contribution in [1.29, 1.82) is 0 Å². The maximum absolute atomic E-state index is 8.55. The molecule has 0 aromatic heterocycles. The molecule has 0 unspecified atom stereocenters. The Morgan fingerprint density at radius 3 is 1.14 bits per heavy atom. The van der Waals surface area contributed by atoms with Gasteiger partial charge in [0.15, 0.2) is 0 Å². The molecule has 0 spiro atoms. The van der Waals surface area contributed by atoms with Crippen LogP contribution in [0.3, 0.4) is 0 Å². The fourth-order valence-electron chi connectivity index (χ4n) is 0. The van der Waals surface area contributed by atoms with E-state index in [1.165, 1.54) is 0 Å². The van der Waals surface area contributed by atoms with Crippen molar-refractivity contribution in [2.75, 3.05) is 0 Å². The van der Waals surface area contributed by atoms with Crippen LogP contribution >= 0.6 is 7.82 Å². The van der Waals surface area contributed by atoms with Crippen molar-refractivity contribution in [2.24, 2.45) is 0 Å². The quantitative estimate of drug-likeness (QED) is 0.346. The molecule has 0 heterocycles. The minimum atomic E-state index is -5.39. The molecule has 0 aliphatic heterocycles. The Morgan fingerprint density at radius 2 is 1.14 bits per heavy atom. The molecule has 0 atom stereocenters. The second-order valence-electron chi connectivity index (χ2n) is 0.447. The second-order valence-corrected chi connectivity index (χ2v) is 1.34. The Kier molecular flexibility index (Phi) is 12.4. The third kappa shape index (κ3) is 113. The van der Waals surface area contributed by atoms with Gasteiger partial charge in [-0.05, 0) is 0 Å². The zero-order valence-corrected chi connectivity index (χ0v) is 6.32. The normalized spacial score (nSPS) is 8.43. The van der Waals surface area contributed by atoms with Crippen LogP contribution in [0.25, 0.3) is 0 Å².